The van der Waals surface area contributed by atoms with E-state index in [1.54, 1.807) is 7.05 Å². The third-order valence-electron chi connectivity index (χ3n) is 6.40. The second-order valence-electron chi connectivity index (χ2n) is 8.03. The first-order valence-electron chi connectivity index (χ1n) is 10.4. The predicted molar refractivity (Wildman–Crippen MR) is 128 cm³/mol. The van der Waals surface area contributed by atoms with Crippen LogP contribution in [0.2, 0.25) is 10.0 Å². The number of nitrogens with zero attached hydrogens (tertiary/aromatic N) is 3. The maximum absolute atomic E-state index is 11.8. The molecular weight excluding hydrogens is 475 g/mol. The van der Waals surface area contributed by atoms with Crippen LogP contribution in [-0.4, -0.2) is 68.7 Å². The van der Waals surface area contributed by atoms with Gasteiger partial charge in [-0.25, -0.2) is 4.79 Å². The zero-order valence-electron chi connectivity index (χ0n) is 17.4. The van der Waals surface area contributed by atoms with Crippen molar-refractivity contribution < 1.29 is 4.79 Å². The van der Waals surface area contributed by atoms with Gasteiger partial charge in [0.15, 0.2) is 0 Å². The SMILES string of the molecule is Br.CNC(=O)N(C)C1CCC(CCN2CCN(c3cccc(Cl)c3Cl)CC2)CC1. The molecule has 3 rings (SSSR count). The second kappa shape index (κ2) is 11.6. The van der Waals surface area contributed by atoms with E-state index in [2.05, 4.69) is 21.2 Å². The van der Waals surface area contributed by atoms with Crippen LogP contribution in [0, 0.1) is 5.92 Å². The summed E-state index contributed by atoms with van der Waals surface area (Å²) in [5, 5.41) is 4.01. The quantitative estimate of drug-likeness (QED) is 0.615. The molecule has 5 nitrogen and oxygen atoms in total. The highest BCUT2D eigenvalue weighted by Gasteiger charge is 2.27. The molecule has 1 heterocycles. The number of halogens is 3. The summed E-state index contributed by atoms with van der Waals surface area (Å²) in [6.45, 7) is 5.28. The number of piperazine rings is 1. The topological polar surface area (TPSA) is 38.8 Å². The van der Waals surface area contributed by atoms with Crippen molar-refractivity contribution in [3.63, 3.8) is 0 Å². The van der Waals surface area contributed by atoms with Crippen LogP contribution in [-0.2, 0) is 0 Å². The monoisotopic (exact) mass is 506 g/mol. The lowest BCUT2D eigenvalue weighted by atomic mass is 9.83. The minimum absolute atomic E-state index is 0. The van der Waals surface area contributed by atoms with E-state index < -0.39 is 0 Å². The highest BCUT2D eigenvalue weighted by atomic mass is 79.9. The average molecular weight is 508 g/mol. The maximum atomic E-state index is 11.8. The van der Waals surface area contributed by atoms with Crippen molar-refractivity contribution >= 4 is 51.9 Å². The summed E-state index contributed by atoms with van der Waals surface area (Å²) in [6, 6.07) is 6.28. The van der Waals surface area contributed by atoms with Crippen LogP contribution in [0.4, 0.5) is 10.5 Å². The van der Waals surface area contributed by atoms with Gasteiger partial charge in [-0.1, -0.05) is 29.3 Å². The van der Waals surface area contributed by atoms with E-state index in [1.165, 1.54) is 19.3 Å². The van der Waals surface area contributed by atoms with Gasteiger partial charge in [0, 0.05) is 46.3 Å². The lowest BCUT2D eigenvalue weighted by molar-refractivity contribution is 0.153. The van der Waals surface area contributed by atoms with Crippen molar-refractivity contribution in [3.05, 3.63) is 28.2 Å². The Morgan fingerprint density at radius 3 is 2.41 bits per heavy atom. The third kappa shape index (κ3) is 6.39. The Bertz CT molecular complexity index is 662. The fourth-order valence-corrected chi connectivity index (χ4v) is 4.89. The molecule has 0 aromatic heterocycles. The van der Waals surface area contributed by atoms with Gasteiger partial charge < -0.3 is 15.1 Å². The average Bonchev–Trinajstić information content (AvgIpc) is 2.74. The summed E-state index contributed by atoms with van der Waals surface area (Å²) in [5.41, 5.74) is 1.05. The summed E-state index contributed by atoms with van der Waals surface area (Å²) >= 11 is 12.5. The Morgan fingerprint density at radius 2 is 1.79 bits per heavy atom. The normalized spacial score (nSPS) is 22.7. The zero-order chi connectivity index (χ0) is 20.1. The van der Waals surface area contributed by atoms with E-state index in [0.29, 0.717) is 16.1 Å². The Hall–Kier alpha value is -0.690. The molecule has 0 bridgehead atoms. The van der Waals surface area contributed by atoms with Crippen LogP contribution in [0.1, 0.15) is 32.1 Å². The van der Waals surface area contributed by atoms with Gasteiger partial charge >= 0.3 is 6.03 Å². The zero-order valence-corrected chi connectivity index (χ0v) is 20.6. The number of hydrogen-bond donors (Lipinski definition) is 1. The molecule has 1 aromatic carbocycles. The van der Waals surface area contributed by atoms with Gasteiger partial charge in [0.25, 0.3) is 0 Å². The van der Waals surface area contributed by atoms with Gasteiger partial charge in [-0.15, -0.1) is 17.0 Å². The van der Waals surface area contributed by atoms with Crippen LogP contribution in [0.15, 0.2) is 18.2 Å². The highest BCUT2D eigenvalue weighted by Crippen LogP contribution is 2.33. The molecule has 0 atom stereocenters. The Morgan fingerprint density at radius 1 is 1.14 bits per heavy atom. The minimum Gasteiger partial charge on any atom is -0.368 e. The maximum Gasteiger partial charge on any atom is 0.317 e. The van der Waals surface area contributed by atoms with Crippen LogP contribution < -0.4 is 10.2 Å². The van der Waals surface area contributed by atoms with Crippen LogP contribution in [0.5, 0.6) is 0 Å². The Kier molecular flexibility index (Phi) is 9.86. The van der Waals surface area contributed by atoms with Gasteiger partial charge in [-0.05, 0) is 56.7 Å². The van der Waals surface area contributed by atoms with E-state index in [9.17, 15) is 4.79 Å². The molecule has 1 N–H and O–H groups in total. The molecule has 2 aliphatic rings. The van der Waals surface area contributed by atoms with Crippen molar-refractivity contribution in [2.45, 2.75) is 38.1 Å². The van der Waals surface area contributed by atoms with Gasteiger partial charge in [-0.2, -0.15) is 0 Å². The van der Waals surface area contributed by atoms with Gasteiger partial charge in [0.05, 0.1) is 15.7 Å². The van der Waals surface area contributed by atoms with Crippen LogP contribution in [0.3, 0.4) is 0 Å². The highest BCUT2D eigenvalue weighted by molar-refractivity contribution is 8.93. The number of amides is 2. The molecule has 1 saturated heterocycles. The number of benzene rings is 1. The van der Waals surface area contributed by atoms with Gasteiger partial charge in [-0.3, -0.25) is 4.90 Å². The molecule has 1 saturated carbocycles. The molecular formula is C21H33BrCl2N4O. The number of nitrogens with one attached hydrogen (secondary N) is 1. The molecule has 164 valence electrons. The molecule has 0 unspecified atom stereocenters. The van der Waals surface area contributed by atoms with Crippen molar-refractivity contribution in [1.82, 2.24) is 15.1 Å². The first-order valence-corrected chi connectivity index (χ1v) is 11.1. The molecule has 2 amide bonds. The molecule has 1 aliphatic heterocycles. The molecule has 0 radical (unpaired) electrons. The fraction of sp³-hybridized carbons (Fsp3) is 0.667. The number of carbonyl (C=O) groups excluding carboxylic acids is 1. The summed E-state index contributed by atoms with van der Waals surface area (Å²) in [5.74, 6) is 0.787. The molecule has 8 heteroatoms. The second-order valence-corrected chi connectivity index (χ2v) is 8.82. The molecule has 1 aromatic rings. The number of carbonyl (C=O) groups is 1. The largest absolute Gasteiger partial charge is 0.368 e. The van der Waals surface area contributed by atoms with E-state index >= 15 is 0 Å². The first kappa shape index (κ1) is 24.6. The van der Waals surface area contributed by atoms with E-state index in [0.717, 1.165) is 57.2 Å². The lowest BCUT2D eigenvalue weighted by Crippen LogP contribution is -2.47. The standard InChI is InChI=1S/C21H32Cl2N4O.BrH/c1-24-21(28)25(2)17-8-6-16(7-9-17)10-11-26-12-14-27(15-13-26)19-5-3-4-18(22)20(19)23;/h3-5,16-17H,6-15H2,1-2H3,(H,24,28);1H. The number of rotatable bonds is 5. The molecule has 0 spiro atoms. The summed E-state index contributed by atoms with van der Waals surface area (Å²) in [4.78, 5) is 18.6. The first-order chi connectivity index (χ1) is 13.5. The molecule has 29 heavy (non-hydrogen) atoms. The third-order valence-corrected chi connectivity index (χ3v) is 7.20. The van der Waals surface area contributed by atoms with Crippen molar-refractivity contribution in [1.29, 1.82) is 0 Å². The van der Waals surface area contributed by atoms with Gasteiger partial charge in [0.1, 0.15) is 0 Å². The predicted octanol–water partition coefficient (Wildman–Crippen LogP) is 4.91. The van der Waals surface area contributed by atoms with E-state index in [-0.39, 0.29) is 23.0 Å². The number of urea groups is 1. The summed E-state index contributed by atoms with van der Waals surface area (Å²) < 4.78 is 0. The van der Waals surface area contributed by atoms with Crippen molar-refractivity contribution in [2.75, 3.05) is 51.7 Å². The Balaban J connectivity index is 0.00000300. The van der Waals surface area contributed by atoms with Crippen molar-refractivity contribution in [2.24, 2.45) is 5.92 Å². The molecule has 1 aliphatic carbocycles. The van der Waals surface area contributed by atoms with Crippen molar-refractivity contribution in [3.8, 4) is 0 Å². The lowest BCUT2D eigenvalue weighted by Gasteiger charge is -2.38. The molecule has 2 fully saturated rings. The van der Waals surface area contributed by atoms with E-state index in [1.807, 2.05) is 24.1 Å². The minimum atomic E-state index is 0. The summed E-state index contributed by atoms with van der Waals surface area (Å²) in [6.07, 6.45) is 5.95. The summed E-state index contributed by atoms with van der Waals surface area (Å²) in [7, 11) is 3.61. The number of anilines is 1. The fourth-order valence-electron chi connectivity index (χ4n) is 4.48. The van der Waals surface area contributed by atoms with E-state index in [4.69, 9.17) is 23.2 Å². The van der Waals surface area contributed by atoms with Crippen LogP contribution in [0.25, 0.3) is 0 Å². The van der Waals surface area contributed by atoms with Crippen LogP contribution >= 0.6 is 40.2 Å². The Labute approximate surface area is 195 Å². The number of hydrogen-bond acceptors (Lipinski definition) is 3. The smallest absolute Gasteiger partial charge is 0.317 e. The van der Waals surface area contributed by atoms with Gasteiger partial charge in [0.2, 0.25) is 0 Å².